The molecule has 1 N–H and O–H groups in total. The normalized spacial score (nSPS) is 13.7. The van der Waals surface area contributed by atoms with Crippen molar-refractivity contribution in [3.8, 4) is 0 Å². The number of benzene rings is 1. The lowest BCUT2D eigenvalue weighted by Gasteiger charge is -2.14. The van der Waals surface area contributed by atoms with Crippen molar-refractivity contribution >= 4 is 11.6 Å². The van der Waals surface area contributed by atoms with E-state index in [2.05, 4.69) is 5.32 Å². The standard InChI is InChI=1S/C12H15ClF3N/c1-9(10-3-5-11(13)6-4-10)17-8-2-7-12(14,15)16/h3-6,9,17H,2,7-8H2,1H3/t9-/m1/s1. The van der Waals surface area contributed by atoms with E-state index in [1.54, 1.807) is 12.1 Å². The number of hydrogen-bond acceptors (Lipinski definition) is 1. The van der Waals surface area contributed by atoms with Crippen LogP contribution in [0.3, 0.4) is 0 Å². The molecule has 0 fully saturated rings. The Morgan fingerprint density at radius 1 is 1.24 bits per heavy atom. The van der Waals surface area contributed by atoms with Crippen LogP contribution in [0.5, 0.6) is 0 Å². The van der Waals surface area contributed by atoms with Gasteiger partial charge < -0.3 is 5.32 Å². The van der Waals surface area contributed by atoms with Crippen molar-refractivity contribution < 1.29 is 13.2 Å². The molecule has 1 atom stereocenters. The van der Waals surface area contributed by atoms with Gasteiger partial charge in [-0.25, -0.2) is 0 Å². The summed E-state index contributed by atoms with van der Waals surface area (Å²) in [4.78, 5) is 0. The number of alkyl halides is 3. The van der Waals surface area contributed by atoms with Crippen molar-refractivity contribution in [2.24, 2.45) is 0 Å². The molecule has 1 nitrogen and oxygen atoms in total. The monoisotopic (exact) mass is 265 g/mol. The summed E-state index contributed by atoms with van der Waals surface area (Å²) >= 11 is 5.75. The van der Waals surface area contributed by atoms with E-state index in [-0.39, 0.29) is 12.5 Å². The zero-order valence-corrected chi connectivity index (χ0v) is 10.3. The van der Waals surface area contributed by atoms with E-state index in [1.807, 2.05) is 19.1 Å². The SMILES string of the molecule is C[C@@H](NCCCC(F)(F)F)c1ccc(Cl)cc1. The third kappa shape index (κ3) is 5.94. The Balaban J connectivity index is 2.30. The van der Waals surface area contributed by atoms with Gasteiger partial charge in [-0.15, -0.1) is 0 Å². The molecule has 0 radical (unpaired) electrons. The van der Waals surface area contributed by atoms with Crippen LogP contribution in [0.4, 0.5) is 13.2 Å². The quantitative estimate of drug-likeness (QED) is 0.781. The Morgan fingerprint density at radius 2 is 1.82 bits per heavy atom. The van der Waals surface area contributed by atoms with Crippen LogP contribution in [0.25, 0.3) is 0 Å². The van der Waals surface area contributed by atoms with Gasteiger partial charge in [-0.2, -0.15) is 13.2 Å². The highest BCUT2D eigenvalue weighted by Crippen LogP contribution is 2.21. The molecule has 0 spiro atoms. The van der Waals surface area contributed by atoms with Gasteiger partial charge in [0.2, 0.25) is 0 Å². The second-order valence-electron chi connectivity index (χ2n) is 3.95. The second-order valence-corrected chi connectivity index (χ2v) is 4.38. The first kappa shape index (κ1) is 14.3. The van der Waals surface area contributed by atoms with Gasteiger partial charge in [0, 0.05) is 17.5 Å². The van der Waals surface area contributed by atoms with E-state index in [4.69, 9.17) is 11.6 Å². The number of halogens is 4. The van der Waals surface area contributed by atoms with Crippen molar-refractivity contribution in [2.75, 3.05) is 6.54 Å². The molecule has 0 saturated heterocycles. The molecule has 96 valence electrons. The second kappa shape index (κ2) is 6.26. The lowest BCUT2D eigenvalue weighted by atomic mass is 10.1. The van der Waals surface area contributed by atoms with Crippen LogP contribution in [0.2, 0.25) is 5.02 Å². The van der Waals surface area contributed by atoms with Gasteiger partial charge in [0.15, 0.2) is 0 Å². The summed E-state index contributed by atoms with van der Waals surface area (Å²) in [6.07, 6.45) is -4.71. The van der Waals surface area contributed by atoms with Crippen LogP contribution < -0.4 is 5.32 Å². The third-order valence-corrected chi connectivity index (χ3v) is 2.71. The zero-order valence-electron chi connectivity index (χ0n) is 9.52. The van der Waals surface area contributed by atoms with Crippen LogP contribution in [0.1, 0.15) is 31.4 Å². The van der Waals surface area contributed by atoms with Crippen LogP contribution >= 0.6 is 11.6 Å². The minimum atomic E-state index is -4.06. The summed E-state index contributed by atoms with van der Waals surface area (Å²) in [6, 6.07) is 7.30. The fourth-order valence-electron chi connectivity index (χ4n) is 1.48. The van der Waals surface area contributed by atoms with E-state index < -0.39 is 12.6 Å². The van der Waals surface area contributed by atoms with Crippen LogP contribution in [0.15, 0.2) is 24.3 Å². The van der Waals surface area contributed by atoms with E-state index in [0.29, 0.717) is 11.6 Å². The average molecular weight is 266 g/mol. The minimum absolute atomic E-state index is 0.0282. The smallest absolute Gasteiger partial charge is 0.310 e. The molecule has 0 aliphatic carbocycles. The van der Waals surface area contributed by atoms with Gasteiger partial charge in [-0.1, -0.05) is 23.7 Å². The zero-order chi connectivity index (χ0) is 12.9. The molecule has 1 aromatic carbocycles. The lowest BCUT2D eigenvalue weighted by Crippen LogP contribution is -2.21. The molecule has 17 heavy (non-hydrogen) atoms. The highest BCUT2D eigenvalue weighted by molar-refractivity contribution is 6.30. The maximum Gasteiger partial charge on any atom is 0.389 e. The summed E-state index contributed by atoms with van der Waals surface area (Å²) in [5, 5.41) is 3.70. The molecule has 0 aromatic heterocycles. The maximum atomic E-state index is 11.9. The molecular formula is C12H15ClF3N. The van der Waals surface area contributed by atoms with Gasteiger partial charge in [0.25, 0.3) is 0 Å². The molecule has 0 aliphatic heterocycles. The number of nitrogens with one attached hydrogen (secondary N) is 1. The van der Waals surface area contributed by atoms with Crippen molar-refractivity contribution in [2.45, 2.75) is 32.0 Å². The highest BCUT2D eigenvalue weighted by Gasteiger charge is 2.25. The first-order valence-electron chi connectivity index (χ1n) is 5.44. The van der Waals surface area contributed by atoms with Gasteiger partial charge in [-0.05, 0) is 37.6 Å². The van der Waals surface area contributed by atoms with Crippen LogP contribution in [0, 0.1) is 0 Å². The van der Waals surface area contributed by atoms with Crippen molar-refractivity contribution in [3.63, 3.8) is 0 Å². The lowest BCUT2D eigenvalue weighted by molar-refractivity contribution is -0.135. The Bertz CT molecular complexity index is 335. The van der Waals surface area contributed by atoms with Crippen molar-refractivity contribution in [1.82, 2.24) is 5.32 Å². The Kier molecular flexibility index (Phi) is 5.28. The van der Waals surface area contributed by atoms with Gasteiger partial charge in [0.05, 0.1) is 0 Å². The molecule has 0 heterocycles. The largest absolute Gasteiger partial charge is 0.389 e. The number of rotatable bonds is 5. The van der Waals surface area contributed by atoms with E-state index in [0.717, 1.165) is 5.56 Å². The van der Waals surface area contributed by atoms with Gasteiger partial charge in [0.1, 0.15) is 0 Å². The van der Waals surface area contributed by atoms with E-state index >= 15 is 0 Å². The first-order valence-corrected chi connectivity index (χ1v) is 5.82. The molecule has 0 unspecified atom stereocenters. The van der Waals surface area contributed by atoms with E-state index in [9.17, 15) is 13.2 Å². The van der Waals surface area contributed by atoms with Crippen LogP contribution in [-0.2, 0) is 0 Å². The third-order valence-electron chi connectivity index (χ3n) is 2.46. The number of hydrogen-bond donors (Lipinski definition) is 1. The average Bonchev–Trinajstić information content (AvgIpc) is 2.24. The summed E-state index contributed by atoms with van der Waals surface area (Å²) in [7, 11) is 0. The minimum Gasteiger partial charge on any atom is -0.310 e. The summed E-state index contributed by atoms with van der Waals surface area (Å²) in [5.74, 6) is 0. The molecule has 5 heteroatoms. The summed E-state index contributed by atoms with van der Waals surface area (Å²) in [6.45, 7) is 2.26. The molecule has 0 bridgehead atoms. The molecule has 0 amide bonds. The van der Waals surface area contributed by atoms with E-state index in [1.165, 1.54) is 0 Å². The Hall–Kier alpha value is -0.740. The van der Waals surface area contributed by atoms with Crippen LogP contribution in [-0.4, -0.2) is 12.7 Å². The Labute approximate surface area is 104 Å². The fraction of sp³-hybridized carbons (Fsp3) is 0.500. The topological polar surface area (TPSA) is 12.0 Å². The van der Waals surface area contributed by atoms with Crippen molar-refractivity contribution in [1.29, 1.82) is 0 Å². The predicted octanol–water partition coefficient (Wildman–Crippen LogP) is 4.33. The molecule has 0 saturated carbocycles. The molecule has 1 aromatic rings. The van der Waals surface area contributed by atoms with Crippen molar-refractivity contribution in [3.05, 3.63) is 34.9 Å². The maximum absolute atomic E-state index is 11.9. The summed E-state index contributed by atoms with van der Waals surface area (Å²) < 4.78 is 35.7. The first-order chi connectivity index (χ1) is 7.88. The molecule has 0 aliphatic rings. The fourth-order valence-corrected chi connectivity index (χ4v) is 1.60. The van der Waals surface area contributed by atoms with Gasteiger partial charge in [-0.3, -0.25) is 0 Å². The highest BCUT2D eigenvalue weighted by atomic mass is 35.5. The Morgan fingerprint density at radius 3 is 2.35 bits per heavy atom. The predicted molar refractivity (Wildman–Crippen MR) is 63.2 cm³/mol. The molecule has 1 rings (SSSR count). The summed E-state index contributed by atoms with van der Waals surface area (Å²) in [5.41, 5.74) is 1.02. The van der Waals surface area contributed by atoms with Gasteiger partial charge >= 0.3 is 6.18 Å². The molecular weight excluding hydrogens is 251 g/mol.